The molecule has 2 fully saturated rings. The highest BCUT2D eigenvalue weighted by Crippen LogP contribution is 2.14. The fourth-order valence-electron chi connectivity index (χ4n) is 3.16. The van der Waals surface area contributed by atoms with Crippen molar-refractivity contribution in [3.63, 3.8) is 0 Å². The van der Waals surface area contributed by atoms with E-state index in [1.807, 2.05) is 0 Å². The van der Waals surface area contributed by atoms with Gasteiger partial charge in [0.15, 0.2) is 0 Å². The fraction of sp³-hybridized carbons (Fsp3) is 1.00. The molecule has 18 heavy (non-hydrogen) atoms. The summed E-state index contributed by atoms with van der Waals surface area (Å²) in [6, 6.07) is 0.740. The molecule has 0 spiro atoms. The Kier molecular flexibility index (Phi) is 5.89. The molecule has 2 aliphatic rings. The highest BCUT2D eigenvalue weighted by atomic mass is 16.5. The molecule has 0 aromatic heterocycles. The average molecular weight is 255 g/mol. The lowest BCUT2D eigenvalue weighted by Crippen LogP contribution is -2.47. The van der Waals surface area contributed by atoms with Gasteiger partial charge in [0.1, 0.15) is 0 Å². The van der Waals surface area contributed by atoms with Crippen molar-refractivity contribution in [1.29, 1.82) is 0 Å². The molecule has 1 N–H and O–H groups in total. The van der Waals surface area contributed by atoms with Crippen LogP contribution in [0.1, 0.15) is 19.8 Å². The number of hydrogen-bond acceptors (Lipinski definition) is 4. The number of nitrogens with zero attached hydrogens (tertiary/aromatic N) is 2. The highest BCUT2D eigenvalue weighted by Gasteiger charge is 2.21. The zero-order chi connectivity index (χ0) is 12.8. The van der Waals surface area contributed by atoms with Gasteiger partial charge in [0.05, 0.1) is 0 Å². The van der Waals surface area contributed by atoms with Gasteiger partial charge in [-0.3, -0.25) is 0 Å². The Hall–Kier alpha value is -0.160. The molecule has 0 radical (unpaired) electrons. The minimum absolute atomic E-state index is 0.740. The molecule has 4 heteroatoms. The van der Waals surface area contributed by atoms with Crippen LogP contribution in [0.4, 0.5) is 0 Å². The Balaban J connectivity index is 1.67. The zero-order valence-corrected chi connectivity index (χ0v) is 12.0. The van der Waals surface area contributed by atoms with Crippen molar-refractivity contribution in [1.82, 2.24) is 15.1 Å². The van der Waals surface area contributed by atoms with Crippen LogP contribution in [0.2, 0.25) is 0 Å². The van der Waals surface area contributed by atoms with E-state index >= 15 is 0 Å². The Morgan fingerprint density at radius 1 is 1.28 bits per heavy atom. The van der Waals surface area contributed by atoms with Crippen LogP contribution in [-0.4, -0.2) is 75.4 Å². The number of piperazine rings is 1. The van der Waals surface area contributed by atoms with Gasteiger partial charge < -0.3 is 19.9 Å². The summed E-state index contributed by atoms with van der Waals surface area (Å²) in [6.45, 7) is 11.5. The van der Waals surface area contributed by atoms with E-state index in [0.717, 1.165) is 38.3 Å². The molecule has 0 bridgehead atoms. The molecule has 2 aliphatic heterocycles. The molecule has 0 aliphatic carbocycles. The van der Waals surface area contributed by atoms with Gasteiger partial charge in [0.25, 0.3) is 0 Å². The first-order valence-electron chi connectivity index (χ1n) is 7.47. The summed E-state index contributed by atoms with van der Waals surface area (Å²) in [5, 5.41) is 3.41. The van der Waals surface area contributed by atoms with Crippen LogP contribution in [0.5, 0.6) is 0 Å². The van der Waals surface area contributed by atoms with Crippen molar-refractivity contribution in [2.24, 2.45) is 5.92 Å². The highest BCUT2D eigenvalue weighted by molar-refractivity contribution is 4.76. The lowest BCUT2D eigenvalue weighted by Gasteiger charge is -2.35. The van der Waals surface area contributed by atoms with Crippen LogP contribution in [0, 0.1) is 5.92 Å². The molecular formula is C14H29N3O. The molecule has 0 aromatic rings. The first-order valence-corrected chi connectivity index (χ1v) is 7.47. The topological polar surface area (TPSA) is 27.7 Å². The predicted molar refractivity (Wildman–Crippen MR) is 74.9 cm³/mol. The van der Waals surface area contributed by atoms with Crippen LogP contribution in [0.3, 0.4) is 0 Å². The maximum Gasteiger partial charge on any atom is 0.0480 e. The van der Waals surface area contributed by atoms with Crippen LogP contribution >= 0.6 is 0 Å². The summed E-state index contributed by atoms with van der Waals surface area (Å²) in [7, 11) is 2.28. The molecule has 0 aromatic carbocycles. The number of ether oxygens (including phenoxy) is 1. The normalized spacial score (nSPS) is 25.5. The second-order valence-electron chi connectivity index (χ2n) is 5.94. The van der Waals surface area contributed by atoms with Gasteiger partial charge in [-0.05, 0) is 25.8 Å². The Morgan fingerprint density at radius 2 is 1.94 bits per heavy atom. The molecule has 2 saturated heterocycles. The molecule has 1 atom stereocenters. The maximum absolute atomic E-state index is 5.43. The van der Waals surface area contributed by atoms with Gasteiger partial charge >= 0.3 is 0 Å². The second-order valence-corrected chi connectivity index (χ2v) is 5.94. The molecule has 0 amide bonds. The summed E-state index contributed by atoms with van der Waals surface area (Å²) in [5.41, 5.74) is 0. The number of nitrogens with one attached hydrogen (secondary N) is 1. The lowest BCUT2D eigenvalue weighted by atomic mass is 10.0. The number of hydrogen-bond donors (Lipinski definition) is 1. The quantitative estimate of drug-likeness (QED) is 0.780. The van der Waals surface area contributed by atoms with Gasteiger partial charge in [-0.2, -0.15) is 0 Å². The van der Waals surface area contributed by atoms with Crippen molar-refractivity contribution in [2.75, 3.05) is 59.5 Å². The zero-order valence-electron chi connectivity index (χ0n) is 12.0. The first-order chi connectivity index (χ1) is 8.75. The minimum atomic E-state index is 0.740. The smallest absolute Gasteiger partial charge is 0.0480 e. The van der Waals surface area contributed by atoms with Gasteiger partial charge in [0.2, 0.25) is 0 Å². The second kappa shape index (κ2) is 7.43. The molecule has 1 unspecified atom stereocenters. The van der Waals surface area contributed by atoms with Crippen molar-refractivity contribution < 1.29 is 4.74 Å². The molecule has 0 saturated carbocycles. The van der Waals surface area contributed by atoms with Crippen LogP contribution in [0.15, 0.2) is 0 Å². The van der Waals surface area contributed by atoms with Gasteiger partial charge in [0, 0.05) is 58.5 Å². The van der Waals surface area contributed by atoms with Gasteiger partial charge in [-0.1, -0.05) is 6.92 Å². The van der Waals surface area contributed by atoms with Crippen molar-refractivity contribution in [3.8, 4) is 0 Å². The van der Waals surface area contributed by atoms with E-state index in [4.69, 9.17) is 4.74 Å². The molecule has 2 heterocycles. The predicted octanol–water partition coefficient (Wildman–Crippen LogP) is 0.639. The van der Waals surface area contributed by atoms with E-state index in [0.29, 0.717) is 0 Å². The largest absolute Gasteiger partial charge is 0.381 e. The van der Waals surface area contributed by atoms with Crippen LogP contribution < -0.4 is 5.32 Å². The maximum atomic E-state index is 5.43. The molecule has 4 nitrogen and oxygen atoms in total. The van der Waals surface area contributed by atoms with Gasteiger partial charge in [-0.15, -0.1) is 0 Å². The van der Waals surface area contributed by atoms with E-state index in [1.54, 1.807) is 0 Å². The van der Waals surface area contributed by atoms with E-state index in [9.17, 15) is 0 Å². The fourth-order valence-corrected chi connectivity index (χ4v) is 3.16. The SMILES string of the molecule is CC(CN1CCNCC1)CN(C)C1CCOCC1. The summed E-state index contributed by atoms with van der Waals surface area (Å²) in [6.07, 6.45) is 2.41. The van der Waals surface area contributed by atoms with Gasteiger partial charge in [-0.25, -0.2) is 0 Å². The summed E-state index contributed by atoms with van der Waals surface area (Å²) >= 11 is 0. The van der Waals surface area contributed by atoms with E-state index in [-0.39, 0.29) is 0 Å². The third-order valence-corrected chi connectivity index (χ3v) is 4.19. The van der Waals surface area contributed by atoms with Crippen LogP contribution in [0.25, 0.3) is 0 Å². The summed E-state index contributed by atoms with van der Waals surface area (Å²) in [4.78, 5) is 5.15. The Bertz CT molecular complexity index is 225. The molecule has 2 rings (SSSR count). The van der Waals surface area contributed by atoms with Crippen molar-refractivity contribution in [2.45, 2.75) is 25.8 Å². The lowest BCUT2D eigenvalue weighted by molar-refractivity contribution is 0.0368. The standard InChI is InChI=1S/C14H29N3O/c1-13(12-17-7-5-15-6-8-17)11-16(2)14-3-9-18-10-4-14/h13-15H,3-12H2,1-2H3. The van der Waals surface area contributed by atoms with Crippen molar-refractivity contribution in [3.05, 3.63) is 0 Å². The monoisotopic (exact) mass is 255 g/mol. The average Bonchev–Trinajstić information content (AvgIpc) is 2.40. The first kappa shape index (κ1) is 14.3. The number of rotatable bonds is 5. The van der Waals surface area contributed by atoms with E-state index in [2.05, 4.69) is 29.1 Å². The third-order valence-electron chi connectivity index (χ3n) is 4.19. The molecular weight excluding hydrogens is 226 g/mol. The Labute approximate surface area is 112 Å². The summed E-state index contributed by atoms with van der Waals surface area (Å²) in [5.74, 6) is 0.760. The van der Waals surface area contributed by atoms with Crippen LogP contribution in [-0.2, 0) is 4.74 Å². The van der Waals surface area contributed by atoms with Crippen molar-refractivity contribution >= 4 is 0 Å². The van der Waals surface area contributed by atoms with E-state index < -0.39 is 0 Å². The Morgan fingerprint density at radius 3 is 2.61 bits per heavy atom. The van der Waals surface area contributed by atoms with E-state index in [1.165, 1.54) is 39.0 Å². The third kappa shape index (κ3) is 4.50. The summed E-state index contributed by atoms with van der Waals surface area (Å²) < 4.78 is 5.43. The molecule has 106 valence electrons. The minimum Gasteiger partial charge on any atom is -0.381 e.